The first-order valence-electron chi connectivity index (χ1n) is 13.5. The minimum Gasteiger partial charge on any atom is -0.392 e. The number of aromatic nitrogens is 2. The first-order valence-corrected chi connectivity index (χ1v) is 15.6. The van der Waals surface area contributed by atoms with E-state index in [1.165, 1.54) is 64.2 Å². The van der Waals surface area contributed by atoms with Gasteiger partial charge in [0.2, 0.25) is 0 Å². The summed E-state index contributed by atoms with van der Waals surface area (Å²) in [6.07, 6.45) is 16.8. The van der Waals surface area contributed by atoms with E-state index in [0.29, 0.717) is 18.0 Å². The minimum absolute atomic E-state index is 0.0466. The van der Waals surface area contributed by atoms with Gasteiger partial charge in [0, 0.05) is 57.6 Å². The summed E-state index contributed by atoms with van der Waals surface area (Å²) in [5.74, 6) is 2.54. The lowest BCUT2D eigenvalue weighted by atomic mass is 9.94. The number of anilines is 2. The van der Waals surface area contributed by atoms with Crippen molar-refractivity contribution in [3.8, 4) is 0 Å². The third-order valence-corrected chi connectivity index (χ3v) is 8.54. The average Bonchev–Trinajstić information content (AvgIpc) is 2.92. The van der Waals surface area contributed by atoms with Gasteiger partial charge in [0.1, 0.15) is 11.6 Å². The second-order valence-corrected chi connectivity index (χ2v) is 11.8. The zero-order valence-electron chi connectivity index (χ0n) is 21.7. The van der Waals surface area contributed by atoms with Gasteiger partial charge in [0.25, 0.3) is 0 Å². The Morgan fingerprint density at radius 3 is 1.58 bits per heavy atom. The van der Waals surface area contributed by atoms with Gasteiger partial charge in [0.15, 0.2) is 0 Å². The molecule has 0 amide bonds. The van der Waals surface area contributed by atoms with Crippen molar-refractivity contribution in [3.05, 3.63) is 44.6 Å². The van der Waals surface area contributed by atoms with Crippen LogP contribution in [0.5, 0.6) is 0 Å². The number of aliphatic hydroxyl groups excluding tert-OH is 1. The van der Waals surface area contributed by atoms with Crippen LogP contribution in [0, 0.1) is 0 Å². The molecule has 0 atom stereocenters. The molecule has 2 aromatic heterocycles. The summed E-state index contributed by atoms with van der Waals surface area (Å²) in [4.78, 5) is 13.9. The van der Waals surface area contributed by atoms with Crippen LogP contribution in [-0.4, -0.2) is 40.2 Å². The van der Waals surface area contributed by atoms with Crippen molar-refractivity contribution in [3.63, 3.8) is 0 Å². The summed E-state index contributed by atoms with van der Waals surface area (Å²) >= 11 is 12.9. The smallest absolute Gasteiger partial charge is 0.134 e. The van der Waals surface area contributed by atoms with Crippen molar-refractivity contribution >= 4 is 55.1 Å². The van der Waals surface area contributed by atoms with E-state index in [0.717, 1.165) is 44.8 Å². The summed E-state index contributed by atoms with van der Waals surface area (Å²) in [7, 11) is 0. The maximum absolute atomic E-state index is 9.50. The number of rotatable bonds is 8. The molecule has 2 aromatic rings. The van der Waals surface area contributed by atoms with E-state index >= 15 is 0 Å². The van der Waals surface area contributed by atoms with Gasteiger partial charge in [0.05, 0.1) is 12.5 Å². The van der Waals surface area contributed by atoms with Gasteiger partial charge >= 0.3 is 0 Å². The highest BCUT2D eigenvalue weighted by atomic mass is 79.9. The van der Waals surface area contributed by atoms with Gasteiger partial charge in [-0.2, -0.15) is 0 Å². The first-order chi connectivity index (χ1) is 17.5. The molecule has 2 saturated carbocycles. The van der Waals surface area contributed by atoms with Crippen molar-refractivity contribution in [1.29, 1.82) is 0 Å². The van der Waals surface area contributed by atoms with E-state index in [1.807, 2.05) is 18.5 Å². The van der Waals surface area contributed by atoms with Gasteiger partial charge in [-0.3, -0.25) is 0 Å². The molecule has 0 unspecified atom stereocenters. The van der Waals surface area contributed by atoms with E-state index in [4.69, 9.17) is 11.6 Å². The molecule has 2 aliphatic carbocycles. The molecule has 0 bridgehead atoms. The van der Waals surface area contributed by atoms with Crippen LogP contribution in [0.3, 0.4) is 0 Å². The van der Waals surface area contributed by atoms with Crippen LogP contribution >= 0.6 is 43.5 Å². The van der Waals surface area contributed by atoms with Crippen molar-refractivity contribution in [2.45, 2.75) is 103 Å². The van der Waals surface area contributed by atoms with Crippen LogP contribution < -0.4 is 9.80 Å². The number of alkyl halides is 1. The predicted octanol–water partition coefficient (Wildman–Crippen LogP) is 8.24. The van der Waals surface area contributed by atoms with E-state index in [1.54, 1.807) is 0 Å². The number of hydrogen-bond acceptors (Lipinski definition) is 5. The Kier molecular flexibility index (Phi) is 12.8. The molecule has 0 spiro atoms. The van der Waals surface area contributed by atoms with Gasteiger partial charge < -0.3 is 14.9 Å². The summed E-state index contributed by atoms with van der Waals surface area (Å²) in [5, 5.41) is 9.50. The quantitative estimate of drug-likeness (QED) is 0.294. The molecule has 200 valence electrons. The zero-order valence-corrected chi connectivity index (χ0v) is 25.7. The second kappa shape index (κ2) is 15.5. The third kappa shape index (κ3) is 8.05. The number of pyridine rings is 2. The van der Waals surface area contributed by atoms with Gasteiger partial charge in [-0.15, -0.1) is 11.6 Å². The third-order valence-electron chi connectivity index (χ3n) is 7.39. The molecule has 8 heteroatoms. The monoisotopic (exact) mass is 642 g/mol. The fourth-order valence-corrected chi connectivity index (χ4v) is 6.58. The zero-order chi connectivity index (χ0) is 25.9. The predicted molar refractivity (Wildman–Crippen MR) is 159 cm³/mol. The molecule has 2 heterocycles. The van der Waals surface area contributed by atoms with Gasteiger partial charge in [-0.05, 0) is 83.5 Å². The van der Waals surface area contributed by atoms with Crippen molar-refractivity contribution in [2.24, 2.45) is 0 Å². The largest absolute Gasteiger partial charge is 0.392 e. The van der Waals surface area contributed by atoms with E-state index in [-0.39, 0.29) is 6.61 Å². The van der Waals surface area contributed by atoms with E-state index in [2.05, 4.69) is 71.5 Å². The maximum atomic E-state index is 9.50. The van der Waals surface area contributed by atoms with Crippen molar-refractivity contribution in [2.75, 3.05) is 22.9 Å². The highest BCUT2D eigenvalue weighted by Crippen LogP contribution is 2.31. The van der Waals surface area contributed by atoms with E-state index < -0.39 is 0 Å². The van der Waals surface area contributed by atoms with Crippen LogP contribution in [0.15, 0.2) is 33.5 Å². The fourth-order valence-electron chi connectivity index (χ4n) is 5.63. The second-order valence-electron chi connectivity index (χ2n) is 9.72. The number of aliphatic hydroxyl groups is 1. The standard InChI is InChI=1S/C14H20BrClN2.C14H21BrN2O/c1-2-18(13-6-4-3-5-7-13)14-11(9-16)8-12(15)10-17-14;1-2-17(13-6-4-3-5-7-13)14-11(10-18)8-12(15)9-16-14/h8,10,13H,2-7,9H2,1H3;8-9,13,18H,2-7,10H2,1H3. The Balaban J connectivity index is 0.000000201. The van der Waals surface area contributed by atoms with Crippen molar-refractivity contribution in [1.82, 2.24) is 9.97 Å². The molecule has 2 aliphatic rings. The SMILES string of the molecule is CCN(c1ncc(Br)cc1CCl)C1CCCCC1.CCN(c1ncc(Br)cc1CO)C1CCCCC1. The molecule has 1 N–H and O–H groups in total. The molecule has 0 saturated heterocycles. The maximum Gasteiger partial charge on any atom is 0.134 e. The summed E-state index contributed by atoms with van der Waals surface area (Å²) in [6.45, 7) is 6.37. The Labute approximate surface area is 239 Å². The highest BCUT2D eigenvalue weighted by molar-refractivity contribution is 9.10. The van der Waals surface area contributed by atoms with Crippen LogP contribution in [0.2, 0.25) is 0 Å². The summed E-state index contributed by atoms with van der Waals surface area (Å²) < 4.78 is 1.93. The Hall–Kier alpha value is -0.890. The Morgan fingerprint density at radius 2 is 1.19 bits per heavy atom. The Bertz CT molecular complexity index is 860. The van der Waals surface area contributed by atoms with Gasteiger partial charge in [-0.1, -0.05) is 38.5 Å². The van der Waals surface area contributed by atoms with Crippen molar-refractivity contribution < 1.29 is 5.11 Å². The molecule has 0 aliphatic heterocycles. The lowest BCUT2D eigenvalue weighted by molar-refractivity contribution is 0.281. The molecule has 2 fully saturated rings. The molecular weight excluding hydrogens is 604 g/mol. The first kappa shape index (κ1) is 29.7. The lowest BCUT2D eigenvalue weighted by Crippen LogP contribution is -2.37. The van der Waals surface area contributed by atoms with Crippen LogP contribution in [-0.2, 0) is 12.5 Å². The number of nitrogens with zero attached hydrogens (tertiary/aromatic N) is 4. The molecule has 0 aromatic carbocycles. The average molecular weight is 645 g/mol. The minimum atomic E-state index is 0.0466. The number of halogens is 3. The lowest BCUT2D eigenvalue weighted by Gasteiger charge is -2.35. The van der Waals surface area contributed by atoms with Crippen LogP contribution in [0.25, 0.3) is 0 Å². The molecule has 0 radical (unpaired) electrons. The normalized spacial score (nSPS) is 16.8. The molecular formula is C28H41Br2ClN4O. The van der Waals surface area contributed by atoms with Crippen LogP contribution in [0.1, 0.15) is 89.2 Å². The number of hydrogen-bond donors (Lipinski definition) is 1. The summed E-state index contributed by atoms with van der Waals surface area (Å²) in [6, 6.07) is 5.27. The van der Waals surface area contributed by atoms with E-state index in [9.17, 15) is 5.11 Å². The van der Waals surface area contributed by atoms with Crippen LogP contribution in [0.4, 0.5) is 11.6 Å². The molecule has 4 rings (SSSR count). The topological polar surface area (TPSA) is 52.5 Å². The fraction of sp³-hybridized carbons (Fsp3) is 0.643. The summed E-state index contributed by atoms with van der Waals surface area (Å²) in [5.41, 5.74) is 2.04. The molecule has 36 heavy (non-hydrogen) atoms. The molecule has 5 nitrogen and oxygen atoms in total. The highest BCUT2D eigenvalue weighted by Gasteiger charge is 2.24. The Morgan fingerprint density at radius 1 is 0.778 bits per heavy atom. The van der Waals surface area contributed by atoms with Gasteiger partial charge in [-0.25, -0.2) is 9.97 Å².